The van der Waals surface area contributed by atoms with Gasteiger partial charge in [-0.1, -0.05) is 0 Å². The number of carbonyl (C=O) groups is 1. The number of aldehydes is 1. The molecule has 0 aromatic carbocycles. The fourth-order valence-electron chi connectivity index (χ4n) is 1.71. The van der Waals surface area contributed by atoms with E-state index >= 15 is 0 Å². The van der Waals surface area contributed by atoms with Crippen LogP contribution in [-0.4, -0.2) is 20.8 Å². The van der Waals surface area contributed by atoms with E-state index in [1.54, 1.807) is 12.4 Å². The standard InChI is InChI=1S/C11H11N3O/c1-8-3-10(6-15)9(2)14(8)11-4-12-7-13-5-11/h3-7H,1-2H3. The minimum atomic E-state index is 0.705. The molecule has 2 aromatic rings. The highest BCUT2D eigenvalue weighted by atomic mass is 16.1. The van der Waals surface area contributed by atoms with E-state index in [1.807, 2.05) is 24.5 Å². The second-order valence-corrected chi connectivity index (χ2v) is 3.38. The molecule has 0 fully saturated rings. The summed E-state index contributed by atoms with van der Waals surface area (Å²) in [4.78, 5) is 18.7. The van der Waals surface area contributed by atoms with Crippen LogP contribution < -0.4 is 0 Å². The Morgan fingerprint density at radius 3 is 2.47 bits per heavy atom. The molecule has 4 heteroatoms. The Kier molecular flexibility index (Phi) is 2.33. The Balaban J connectivity index is 2.63. The fraction of sp³-hybridized carbons (Fsp3) is 0.182. The molecule has 0 atom stereocenters. The zero-order valence-corrected chi connectivity index (χ0v) is 8.64. The summed E-state index contributed by atoms with van der Waals surface area (Å²) in [5.41, 5.74) is 3.50. The highest BCUT2D eigenvalue weighted by Gasteiger charge is 2.09. The molecule has 0 bridgehead atoms. The van der Waals surface area contributed by atoms with Gasteiger partial charge in [-0.2, -0.15) is 0 Å². The lowest BCUT2D eigenvalue weighted by atomic mass is 10.3. The van der Waals surface area contributed by atoms with Gasteiger partial charge in [-0.25, -0.2) is 9.97 Å². The molecule has 0 saturated carbocycles. The zero-order chi connectivity index (χ0) is 10.8. The van der Waals surface area contributed by atoms with Crippen molar-refractivity contribution >= 4 is 6.29 Å². The minimum Gasteiger partial charge on any atom is -0.315 e. The van der Waals surface area contributed by atoms with Crippen molar-refractivity contribution in [2.75, 3.05) is 0 Å². The van der Waals surface area contributed by atoms with Crippen LogP contribution >= 0.6 is 0 Å². The third-order valence-electron chi connectivity index (χ3n) is 2.40. The van der Waals surface area contributed by atoms with Gasteiger partial charge in [0.15, 0.2) is 6.29 Å². The number of hydrogen-bond acceptors (Lipinski definition) is 3. The molecule has 0 radical (unpaired) electrons. The quantitative estimate of drug-likeness (QED) is 0.695. The first kappa shape index (κ1) is 9.58. The van der Waals surface area contributed by atoms with Crippen LogP contribution in [0.15, 0.2) is 24.8 Å². The average molecular weight is 201 g/mol. The minimum absolute atomic E-state index is 0.705. The number of aryl methyl sites for hydroxylation is 1. The van der Waals surface area contributed by atoms with Crippen LogP contribution in [0.5, 0.6) is 0 Å². The van der Waals surface area contributed by atoms with Gasteiger partial charge in [0, 0.05) is 17.0 Å². The SMILES string of the molecule is Cc1cc(C=O)c(C)n1-c1cncnc1. The number of nitrogens with zero attached hydrogens (tertiary/aromatic N) is 3. The Morgan fingerprint density at radius 2 is 1.93 bits per heavy atom. The van der Waals surface area contributed by atoms with Crippen molar-refractivity contribution in [2.24, 2.45) is 0 Å². The molecule has 4 nitrogen and oxygen atoms in total. The smallest absolute Gasteiger partial charge is 0.151 e. The summed E-state index contributed by atoms with van der Waals surface area (Å²) in [6, 6.07) is 1.86. The number of rotatable bonds is 2. The van der Waals surface area contributed by atoms with Crippen molar-refractivity contribution in [3.05, 3.63) is 41.7 Å². The van der Waals surface area contributed by atoms with E-state index in [2.05, 4.69) is 9.97 Å². The Hall–Kier alpha value is -1.97. The van der Waals surface area contributed by atoms with E-state index in [1.165, 1.54) is 6.33 Å². The van der Waals surface area contributed by atoms with Gasteiger partial charge in [-0.05, 0) is 19.9 Å². The van der Waals surface area contributed by atoms with Crippen LogP contribution in [0.2, 0.25) is 0 Å². The molecule has 0 saturated heterocycles. The highest BCUT2D eigenvalue weighted by molar-refractivity contribution is 5.77. The lowest BCUT2D eigenvalue weighted by Gasteiger charge is -2.07. The second kappa shape index (κ2) is 3.65. The van der Waals surface area contributed by atoms with Crippen molar-refractivity contribution in [2.45, 2.75) is 13.8 Å². The fourth-order valence-corrected chi connectivity index (χ4v) is 1.71. The molecule has 0 spiro atoms. The van der Waals surface area contributed by atoms with Crippen molar-refractivity contribution < 1.29 is 4.79 Å². The topological polar surface area (TPSA) is 47.8 Å². The normalized spacial score (nSPS) is 10.3. The van der Waals surface area contributed by atoms with Gasteiger partial charge in [0.2, 0.25) is 0 Å². The van der Waals surface area contributed by atoms with Crippen LogP contribution in [0.4, 0.5) is 0 Å². The number of carbonyl (C=O) groups excluding carboxylic acids is 1. The second-order valence-electron chi connectivity index (χ2n) is 3.38. The average Bonchev–Trinajstić information content (AvgIpc) is 2.55. The molecular formula is C11H11N3O. The van der Waals surface area contributed by atoms with Crippen molar-refractivity contribution in [1.82, 2.24) is 14.5 Å². The molecule has 0 N–H and O–H groups in total. The van der Waals surface area contributed by atoms with Crippen LogP contribution in [0.1, 0.15) is 21.7 Å². The van der Waals surface area contributed by atoms with Crippen LogP contribution in [-0.2, 0) is 0 Å². The van der Waals surface area contributed by atoms with Crippen molar-refractivity contribution in [1.29, 1.82) is 0 Å². The van der Waals surface area contributed by atoms with Gasteiger partial charge < -0.3 is 4.57 Å². The first-order valence-corrected chi connectivity index (χ1v) is 4.63. The van der Waals surface area contributed by atoms with E-state index in [-0.39, 0.29) is 0 Å². The third kappa shape index (κ3) is 1.54. The van der Waals surface area contributed by atoms with E-state index in [0.717, 1.165) is 23.4 Å². The first-order valence-electron chi connectivity index (χ1n) is 4.63. The molecule has 0 amide bonds. The summed E-state index contributed by atoms with van der Waals surface area (Å²) >= 11 is 0. The first-order chi connectivity index (χ1) is 7.24. The summed E-state index contributed by atoms with van der Waals surface area (Å²) in [6.07, 6.45) is 5.80. The van der Waals surface area contributed by atoms with Gasteiger partial charge in [0.05, 0.1) is 18.1 Å². The maximum atomic E-state index is 10.8. The highest BCUT2D eigenvalue weighted by Crippen LogP contribution is 2.17. The maximum absolute atomic E-state index is 10.8. The Labute approximate surface area is 87.6 Å². The zero-order valence-electron chi connectivity index (χ0n) is 8.64. The maximum Gasteiger partial charge on any atom is 0.151 e. The van der Waals surface area contributed by atoms with Crippen LogP contribution in [0.3, 0.4) is 0 Å². The van der Waals surface area contributed by atoms with E-state index < -0.39 is 0 Å². The van der Waals surface area contributed by atoms with Crippen LogP contribution in [0.25, 0.3) is 5.69 Å². The van der Waals surface area contributed by atoms with E-state index in [0.29, 0.717) is 5.56 Å². The molecule has 2 aromatic heterocycles. The molecule has 2 rings (SSSR count). The predicted octanol–water partition coefficient (Wildman–Crippen LogP) is 1.70. The molecule has 2 heterocycles. The number of aromatic nitrogens is 3. The van der Waals surface area contributed by atoms with E-state index in [9.17, 15) is 4.79 Å². The third-order valence-corrected chi connectivity index (χ3v) is 2.40. The predicted molar refractivity (Wildman–Crippen MR) is 56.2 cm³/mol. The monoisotopic (exact) mass is 201 g/mol. The van der Waals surface area contributed by atoms with Gasteiger partial charge in [0.1, 0.15) is 6.33 Å². The summed E-state index contributed by atoms with van der Waals surface area (Å²) in [7, 11) is 0. The lowest BCUT2D eigenvalue weighted by molar-refractivity contribution is 0.112. The molecule has 15 heavy (non-hydrogen) atoms. The molecule has 0 aliphatic heterocycles. The van der Waals surface area contributed by atoms with Crippen molar-refractivity contribution in [3.63, 3.8) is 0 Å². The van der Waals surface area contributed by atoms with E-state index in [4.69, 9.17) is 0 Å². The van der Waals surface area contributed by atoms with Gasteiger partial charge >= 0.3 is 0 Å². The Bertz CT molecular complexity index is 488. The Morgan fingerprint density at radius 1 is 1.27 bits per heavy atom. The summed E-state index contributed by atoms with van der Waals surface area (Å²) in [5.74, 6) is 0. The van der Waals surface area contributed by atoms with Crippen molar-refractivity contribution in [3.8, 4) is 5.69 Å². The van der Waals surface area contributed by atoms with Crippen LogP contribution in [0, 0.1) is 13.8 Å². The molecule has 0 unspecified atom stereocenters. The largest absolute Gasteiger partial charge is 0.315 e. The molecule has 0 aliphatic rings. The molecular weight excluding hydrogens is 190 g/mol. The summed E-state index contributed by atoms with van der Waals surface area (Å²) < 4.78 is 1.96. The molecule has 0 aliphatic carbocycles. The molecule has 76 valence electrons. The summed E-state index contributed by atoms with van der Waals surface area (Å²) in [6.45, 7) is 3.86. The van der Waals surface area contributed by atoms with Gasteiger partial charge in [0.25, 0.3) is 0 Å². The van der Waals surface area contributed by atoms with Gasteiger partial charge in [-0.3, -0.25) is 4.79 Å². The van der Waals surface area contributed by atoms with Gasteiger partial charge in [-0.15, -0.1) is 0 Å². The lowest BCUT2D eigenvalue weighted by Crippen LogP contribution is -2.00. The summed E-state index contributed by atoms with van der Waals surface area (Å²) in [5, 5.41) is 0. The number of hydrogen-bond donors (Lipinski definition) is 0.